The van der Waals surface area contributed by atoms with Crippen molar-refractivity contribution in [3.8, 4) is 0 Å². The van der Waals surface area contributed by atoms with Gasteiger partial charge in [-0.1, -0.05) is 74.0 Å². The molecule has 0 radical (unpaired) electrons. The minimum absolute atomic E-state index is 0.0680. The third kappa shape index (κ3) is 4.91. The van der Waals surface area contributed by atoms with Crippen LogP contribution < -0.4 is 0 Å². The first-order chi connectivity index (χ1) is 10.3. The van der Waals surface area contributed by atoms with Crippen LogP contribution in [0.3, 0.4) is 0 Å². The Kier molecular flexibility index (Phi) is 6.29. The number of hydrogen-bond acceptors (Lipinski definition) is 2. The second kappa shape index (κ2) is 8.48. The monoisotopic (exact) mass is 296 g/mol. The molecular weight excluding hydrogens is 276 g/mol. The average Bonchev–Trinajstić information content (AvgIpc) is 2.55. The van der Waals surface area contributed by atoms with Gasteiger partial charge in [0.15, 0.2) is 5.78 Å². The highest BCUT2D eigenvalue weighted by atomic mass is 32.2. The standard InChI is InChI=1S/C19H20OS/c1-2-3-14-21-19(17-12-8-5-9-13-17)15-18(20)16-10-6-4-7-11-16/h4-13,15H,2-3,14H2,1H3. The normalized spacial score (nSPS) is 11.4. The molecule has 2 aromatic rings. The Morgan fingerprint density at radius 3 is 2.10 bits per heavy atom. The highest BCUT2D eigenvalue weighted by Gasteiger charge is 2.07. The number of benzene rings is 2. The largest absolute Gasteiger partial charge is 0.289 e. The van der Waals surface area contributed by atoms with Crippen LogP contribution in [0.25, 0.3) is 4.91 Å². The van der Waals surface area contributed by atoms with Crippen molar-refractivity contribution in [2.75, 3.05) is 5.75 Å². The molecule has 0 atom stereocenters. The zero-order valence-corrected chi connectivity index (χ0v) is 13.1. The Morgan fingerprint density at radius 2 is 1.52 bits per heavy atom. The molecule has 0 amide bonds. The number of ketones is 1. The molecule has 0 aromatic heterocycles. The predicted molar refractivity (Wildman–Crippen MR) is 92.6 cm³/mol. The molecule has 0 heterocycles. The van der Waals surface area contributed by atoms with Crippen LogP contribution in [0.2, 0.25) is 0 Å². The van der Waals surface area contributed by atoms with E-state index in [0.29, 0.717) is 0 Å². The molecule has 0 fully saturated rings. The fourth-order valence-electron chi connectivity index (χ4n) is 1.94. The molecule has 2 aromatic carbocycles. The first-order valence-corrected chi connectivity index (χ1v) is 8.29. The topological polar surface area (TPSA) is 17.1 Å². The second-order valence-electron chi connectivity index (χ2n) is 4.81. The van der Waals surface area contributed by atoms with Gasteiger partial charge >= 0.3 is 0 Å². The van der Waals surface area contributed by atoms with Crippen molar-refractivity contribution in [3.63, 3.8) is 0 Å². The van der Waals surface area contributed by atoms with E-state index in [0.717, 1.165) is 28.2 Å². The van der Waals surface area contributed by atoms with Gasteiger partial charge in [-0.3, -0.25) is 4.79 Å². The van der Waals surface area contributed by atoms with Gasteiger partial charge in [0, 0.05) is 16.5 Å². The number of hydrogen-bond donors (Lipinski definition) is 0. The van der Waals surface area contributed by atoms with E-state index in [9.17, 15) is 4.79 Å². The van der Waals surface area contributed by atoms with Crippen LogP contribution in [-0.4, -0.2) is 11.5 Å². The zero-order valence-electron chi connectivity index (χ0n) is 12.3. The predicted octanol–water partition coefficient (Wildman–Crippen LogP) is 5.44. The maximum absolute atomic E-state index is 12.4. The van der Waals surface area contributed by atoms with Crippen LogP contribution in [0.1, 0.15) is 35.7 Å². The molecule has 2 heteroatoms. The molecule has 0 aliphatic carbocycles. The molecule has 21 heavy (non-hydrogen) atoms. The smallest absolute Gasteiger partial charge is 0.186 e. The van der Waals surface area contributed by atoms with Crippen LogP contribution in [0.15, 0.2) is 66.7 Å². The summed E-state index contributed by atoms with van der Waals surface area (Å²) in [5, 5.41) is 0. The van der Waals surface area contributed by atoms with Gasteiger partial charge in [0.1, 0.15) is 0 Å². The molecule has 1 nitrogen and oxygen atoms in total. The van der Waals surface area contributed by atoms with E-state index in [1.165, 1.54) is 6.42 Å². The molecule has 0 bridgehead atoms. The van der Waals surface area contributed by atoms with Gasteiger partial charge in [-0.25, -0.2) is 0 Å². The van der Waals surface area contributed by atoms with E-state index in [1.54, 1.807) is 17.8 Å². The number of rotatable bonds is 7. The SMILES string of the molecule is CCCCSC(=CC(=O)c1ccccc1)c1ccccc1. The number of allylic oxidation sites excluding steroid dienone is 1. The minimum atomic E-state index is 0.0680. The second-order valence-corrected chi connectivity index (χ2v) is 5.94. The lowest BCUT2D eigenvalue weighted by molar-refractivity contribution is 0.104. The maximum Gasteiger partial charge on any atom is 0.186 e. The Balaban J connectivity index is 2.22. The third-order valence-corrected chi connectivity index (χ3v) is 4.29. The number of thioether (sulfide) groups is 1. The summed E-state index contributed by atoms with van der Waals surface area (Å²) >= 11 is 1.76. The summed E-state index contributed by atoms with van der Waals surface area (Å²) in [6, 6.07) is 19.6. The number of carbonyl (C=O) groups is 1. The van der Waals surface area contributed by atoms with Crippen molar-refractivity contribution < 1.29 is 4.79 Å². The molecular formula is C19H20OS. The summed E-state index contributed by atoms with van der Waals surface area (Å²) in [6.45, 7) is 2.18. The Labute approximate surface area is 131 Å². The summed E-state index contributed by atoms with van der Waals surface area (Å²) in [4.78, 5) is 13.4. The molecule has 108 valence electrons. The van der Waals surface area contributed by atoms with Crippen molar-refractivity contribution in [1.29, 1.82) is 0 Å². The highest BCUT2D eigenvalue weighted by molar-refractivity contribution is 8.08. The van der Waals surface area contributed by atoms with Crippen LogP contribution in [-0.2, 0) is 0 Å². The summed E-state index contributed by atoms with van der Waals surface area (Å²) in [5.41, 5.74) is 1.85. The van der Waals surface area contributed by atoms with Gasteiger partial charge in [0.05, 0.1) is 0 Å². The van der Waals surface area contributed by atoms with E-state index in [4.69, 9.17) is 0 Å². The summed E-state index contributed by atoms with van der Waals surface area (Å²) in [5.74, 6) is 1.11. The molecule has 0 aliphatic heterocycles. The molecule has 0 N–H and O–H groups in total. The zero-order chi connectivity index (χ0) is 14.9. The molecule has 0 aliphatic rings. The van der Waals surface area contributed by atoms with Gasteiger partial charge in [0.2, 0.25) is 0 Å². The lowest BCUT2D eigenvalue weighted by Gasteiger charge is -2.07. The fraction of sp³-hybridized carbons (Fsp3) is 0.211. The van der Waals surface area contributed by atoms with Gasteiger partial charge in [-0.05, 0) is 17.7 Å². The first-order valence-electron chi connectivity index (χ1n) is 7.30. The van der Waals surface area contributed by atoms with E-state index < -0.39 is 0 Å². The Bertz CT molecular complexity index is 587. The van der Waals surface area contributed by atoms with Crippen LogP contribution in [0.4, 0.5) is 0 Å². The van der Waals surface area contributed by atoms with Crippen LogP contribution in [0, 0.1) is 0 Å². The summed E-state index contributed by atoms with van der Waals surface area (Å²) in [6.07, 6.45) is 4.10. The Hall–Kier alpha value is -1.80. The quantitative estimate of drug-likeness (QED) is 0.384. The van der Waals surface area contributed by atoms with Gasteiger partial charge in [0.25, 0.3) is 0 Å². The highest BCUT2D eigenvalue weighted by Crippen LogP contribution is 2.28. The lowest BCUT2D eigenvalue weighted by Crippen LogP contribution is -1.95. The van der Waals surface area contributed by atoms with Crippen LogP contribution in [0.5, 0.6) is 0 Å². The van der Waals surface area contributed by atoms with E-state index in [-0.39, 0.29) is 5.78 Å². The molecule has 0 saturated heterocycles. The summed E-state index contributed by atoms with van der Waals surface area (Å²) < 4.78 is 0. The molecule has 0 spiro atoms. The first kappa shape index (κ1) is 15.6. The van der Waals surface area contributed by atoms with Crippen molar-refractivity contribution in [3.05, 3.63) is 77.9 Å². The lowest BCUT2D eigenvalue weighted by atomic mass is 10.1. The van der Waals surface area contributed by atoms with Gasteiger partial charge in [-0.15, -0.1) is 11.8 Å². The van der Waals surface area contributed by atoms with Gasteiger partial charge in [-0.2, -0.15) is 0 Å². The number of unbranched alkanes of at least 4 members (excludes halogenated alkanes) is 1. The molecule has 0 saturated carbocycles. The van der Waals surface area contributed by atoms with Crippen molar-refractivity contribution in [1.82, 2.24) is 0 Å². The fourth-order valence-corrected chi connectivity index (χ4v) is 3.09. The summed E-state index contributed by atoms with van der Waals surface area (Å²) in [7, 11) is 0. The average molecular weight is 296 g/mol. The Morgan fingerprint density at radius 1 is 0.952 bits per heavy atom. The van der Waals surface area contributed by atoms with E-state index >= 15 is 0 Å². The van der Waals surface area contributed by atoms with Crippen molar-refractivity contribution >= 4 is 22.5 Å². The van der Waals surface area contributed by atoms with E-state index in [1.807, 2.05) is 48.5 Å². The maximum atomic E-state index is 12.4. The molecule has 0 unspecified atom stereocenters. The van der Waals surface area contributed by atoms with E-state index in [2.05, 4.69) is 19.1 Å². The minimum Gasteiger partial charge on any atom is -0.289 e. The van der Waals surface area contributed by atoms with Crippen molar-refractivity contribution in [2.45, 2.75) is 19.8 Å². The van der Waals surface area contributed by atoms with Crippen molar-refractivity contribution in [2.24, 2.45) is 0 Å². The van der Waals surface area contributed by atoms with Crippen LogP contribution >= 0.6 is 11.8 Å². The number of carbonyl (C=O) groups excluding carboxylic acids is 1. The van der Waals surface area contributed by atoms with Gasteiger partial charge < -0.3 is 0 Å². The molecule has 2 rings (SSSR count). The third-order valence-electron chi connectivity index (χ3n) is 3.13.